The van der Waals surface area contributed by atoms with E-state index in [2.05, 4.69) is 73.5 Å². The van der Waals surface area contributed by atoms with E-state index in [-0.39, 0.29) is 6.10 Å². The third-order valence-electron chi connectivity index (χ3n) is 5.32. The molecule has 0 spiro atoms. The summed E-state index contributed by atoms with van der Waals surface area (Å²) < 4.78 is 0. The lowest BCUT2D eigenvalue weighted by Crippen LogP contribution is -2.35. The molecular formula is C22H30N2O. The van der Waals surface area contributed by atoms with E-state index in [0.717, 1.165) is 32.5 Å². The first-order valence-electron chi connectivity index (χ1n) is 9.35. The molecule has 0 bridgehead atoms. The molecule has 0 aliphatic carbocycles. The number of nitrogens with one attached hydrogen (secondary N) is 1. The zero-order valence-corrected chi connectivity index (χ0v) is 15.6. The highest BCUT2D eigenvalue weighted by Crippen LogP contribution is 2.23. The minimum Gasteiger partial charge on any atom is -0.393 e. The molecule has 2 N–H and O–H groups in total. The van der Waals surface area contributed by atoms with Crippen LogP contribution in [0.2, 0.25) is 0 Å². The average Bonchev–Trinajstić information content (AvgIpc) is 2.61. The fraction of sp³-hybridized carbons (Fsp3) is 0.455. The molecule has 0 aromatic heterocycles. The Morgan fingerprint density at radius 3 is 2.40 bits per heavy atom. The molecule has 0 saturated carbocycles. The predicted molar refractivity (Wildman–Crippen MR) is 105 cm³/mol. The Morgan fingerprint density at radius 2 is 1.76 bits per heavy atom. The number of aliphatic hydroxyl groups is 1. The fourth-order valence-corrected chi connectivity index (χ4v) is 3.52. The summed E-state index contributed by atoms with van der Waals surface area (Å²) in [6, 6.07) is 15.8. The highest BCUT2D eigenvalue weighted by Gasteiger charge is 2.17. The Labute approximate surface area is 151 Å². The number of rotatable bonds is 5. The van der Waals surface area contributed by atoms with Crippen molar-refractivity contribution in [1.82, 2.24) is 5.32 Å². The van der Waals surface area contributed by atoms with Gasteiger partial charge < -0.3 is 15.3 Å². The van der Waals surface area contributed by atoms with Crippen LogP contribution < -0.4 is 10.2 Å². The Hall–Kier alpha value is -1.84. The summed E-state index contributed by atoms with van der Waals surface area (Å²) in [5, 5.41) is 13.3. The SMILES string of the molecule is Cc1ccc(CNC(C)c2ccc(N3CCC(O)CC3)cc2)c(C)c1. The number of hydrogen-bond acceptors (Lipinski definition) is 3. The Kier molecular flexibility index (Phi) is 5.77. The maximum Gasteiger partial charge on any atom is 0.0574 e. The maximum atomic E-state index is 9.64. The van der Waals surface area contributed by atoms with Crippen LogP contribution in [0.4, 0.5) is 5.69 Å². The molecule has 1 aliphatic heterocycles. The monoisotopic (exact) mass is 338 g/mol. The van der Waals surface area contributed by atoms with Gasteiger partial charge in [0.05, 0.1) is 6.10 Å². The summed E-state index contributed by atoms with van der Waals surface area (Å²) >= 11 is 0. The summed E-state index contributed by atoms with van der Waals surface area (Å²) in [5.41, 5.74) is 6.60. The lowest BCUT2D eigenvalue weighted by Gasteiger charge is -2.31. The second-order valence-corrected chi connectivity index (χ2v) is 7.34. The lowest BCUT2D eigenvalue weighted by atomic mass is 10.0. The van der Waals surface area contributed by atoms with Crippen molar-refractivity contribution in [1.29, 1.82) is 0 Å². The summed E-state index contributed by atoms with van der Waals surface area (Å²) in [5.74, 6) is 0. The molecule has 3 rings (SSSR count). The molecule has 3 nitrogen and oxygen atoms in total. The molecular weight excluding hydrogens is 308 g/mol. The molecule has 1 fully saturated rings. The van der Waals surface area contributed by atoms with Crippen LogP contribution in [0, 0.1) is 13.8 Å². The standard InChI is InChI=1S/C22H30N2O/c1-16-4-5-20(17(2)14-16)15-23-18(3)19-6-8-21(9-7-19)24-12-10-22(25)11-13-24/h4-9,14,18,22-23,25H,10-13,15H2,1-3H3. The highest BCUT2D eigenvalue weighted by molar-refractivity contribution is 5.48. The van der Waals surface area contributed by atoms with Gasteiger partial charge in [-0.2, -0.15) is 0 Å². The first kappa shape index (κ1) is 18.0. The second kappa shape index (κ2) is 8.03. The average molecular weight is 338 g/mol. The molecule has 1 aliphatic rings. The minimum atomic E-state index is -0.120. The molecule has 1 heterocycles. The van der Waals surface area contributed by atoms with Gasteiger partial charge in [0.1, 0.15) is 0 Å². The van der Waals surface area contributed by atoms with Gasteiger partial charge in [-0.3, -0.25) is 0 Å². The number of aliphatic hydroxyl groups excluding tert-OH is 1. The molecule has 3 heteroatoms. The van der Waals surface area contributed by atoms with Crippen LogP contribution in [-0.4, -0.2) is 24.3 Å². The molecule has 2 aromatic carbocycles. The number of anilines is 1. The van der Waals surface area contributed by atoms with E-state index in [1.54, 1.807) is 0 Å². The molecule has 25 heavy (non-hydrogen) atoms. The number of aryl methyl sites for hydroxylation is 2. The van der Waals surface area contributed by atoms with Crippen molar-refractivity contribution in [3.63, 3.8) is 0 Å². The van der Waals surface area contributed by atoms with Crippen LogP contribution >= 0.6 is 0 Å². The van der Waals surface area contributed by atoms with Crippen LogP contribution in [-0.2, 0) is 6.54 Å². The van der Waals surface area contributed by atoms with Gasteiger partial charge in [-0.1, -0.05) is 35.9 Å². The zero-order valence-electron chi connectivity index (χ0n) is 15.6. The van der Waals surface area contributed by atoms with Crippen molar-refractivity contribution < 1.29 is 5.11 Å². The first-order chi connectivity index (χ1) is 12.0. The van der Waals surface area contributed by atoms with Crippen molar-refractivity contribution in [3.05, 3.63) is 64.7 Å². The third-order valence-corrected chi connectivity index (χ3v) is 5.32. The Morgan fingerprint density at radius 1 is 1.08 bits per heavy atom. The van der Waals surface area contributed by atoms with Crippen molar-refractivity contribution in [2.75, 3.05) is 18.0 Å². The molecule has 2 aromatic rings. The minimum absolute atomic E-state index is 0.120. The van der Waals surface area contributed by atoms with Gasteiger partial charge in [-0.25, -0.2) is 0 Å². The highest BCUT2D eigenvalue weighted by atomic mass is 16.3. The molecule has 0 amide bonds. The van der Waals surface area contributed by atoms with Crippen LogP contribution in [0.25, 0.3) is 0 Å². The van der Waals surface area contributed by atoms with Crippen LogP contribution in [0.15, 0.2) is 42.5 Å². The quantitative estimate of drug-likeness (QED) is 0.861. The second-order valence-electron chi connectivity index (χ2n) is 7.34. The largest absolute Gasteiger partial charge is 0.393 e. The van der Waals surface area contributed by atoms with Crippen molar-refractivity contribution in [3.8, 4) is 0 Å². The van der Waals surface area contributed by atoms with Gasteiger partial charge in [0, 0.05) is 31.4 Å². The van der Waals surface area contributed by atoms with Gasteiger partial charge >= 0.3 is 0 Å². The van der Waals surface area contributed by atoms with Gasteiger partial charge in [0.2, 0.25) is 0 Å². The molecule has 1 saturated heterocycles. The first-order valence-corrected chi connectivity index (χ1v) is 9.35. The van der Waals surface area contributed by atoms with E-state index >= 15 is 0 Å². The number of benzene rings is 2. The van der Waals surface area contributed by atoms with Crippen molar-refractivity contribution >= 4 is 5.69 Å². The number of hydrogen-bond donors (Lipinski definition) is 2. The summed E-state index contributed by atoms with van der Waals surface area (Å²) in [7, 11) is 0. The van der Waals surface area contributed by atoms with Gasteiger partial charge in [-0.05, 0) is 62.4 Å². The van der Waals surface area contributed by atoms with Crippen LogP contribution in [0.3, 0.4) is 0 Å². The van der Waals surface area contributed by atoms with Crippen LogP contribution in [0.5, 0.6) is 0 Å². The summed E-state index contributed by atoms with van der Waals surface area (Å²) in [6.07, 6.45) is 1.62. The van der Waals surface area contributed by atoms with Gasteiger partial charge in [-0.15, -0.1) is 0 Å². The van der Waals surface area contributed by atoms with Gasteiger partial charge in [0.25, 0.3) is 0 Å². The normalized spacial score (nSPS) is 16.9. The Balaban J connectivity index is 1.58. The summed E-state index contributed by atoms with van der Waals surface area (Å²) in [6.45, 7) is 9.31. The van der Waals surface area contributed by atoms with E-state index < -0.39 is 0 Å². The van der Waals surface area contributed by atoms with E-state index in [4.69, 9.17) is 0 Å². The zero-order chi connectivity index (χ0) is 17.8. The fourth-order valence-electron chi connectivity index (χ4n) is 3.52. The van der Waals surface area contributed by atoms with E-state index in [1.165, 1.54) is 27.9 Å². The lowest BCUT2D eigenvalue weighted by molar-refractivity contribution is 0.145. The molecule has 1 atom stereocenters. The van der Waals surface area contributed by atoms with Crippen molar-refractivity contribution in [2.45, 2.75) is 52.3 Å². The van der Waals surface area contributed by atoms with Crippen molar-refractivity contribution in [2.24, 2.45) is 0 Å². The maximum absolute atomic E-state index is 9.64. The number of piperidine rings is 1. The van der Waals surface area contributed by atoms with E-state index in [0.29, 0.717) is 6.04 Å². The van der Waals surface area contributed by atoms with E-state index in [9.17, 15) is 5.11 Å². The van der Waals surface area contributed by atoms with Gasteiger partial charge in [0.15, 0.2) is 0 Å². The smallest absolute Gasteiger partial charge is 0.0574 e. The predicted octanol–water partition coefficient (Wildman–Crippen LogP) is 4.12. The molecule has 134 valence electrons. The van der Waals surface area contributed by atoms with Crippen LogP contribution in [0.1, 0.15) is 48.1 Å². The Bertz CT molecular complexity index is 688. The molecule has 0 radical (unpaired) electrons. The van der Waals surface area contributed by atoms with E-state index in [1.807, 2.05) is 0 Å². The third kappa shape index (κ3) is 4.62. The summed E-state index contributed by atoms with van der Waals surface area (Å²) in [4.78, 5) is 2.37. The molecule has 1 unspecified atom stereocenters. The number of nitrogens with zero attached hydrogens (tertiary/aromatic N) is 1. The topological polar surface area (TPSA) is 35.5 Å².